The van der Waals surface area contributed by atoms with E-state index < -0.39 is 0 Å². The summed E-state index contributed by atoms with van der Waals surface area (Å²) in [4.78, 5) is 36.0. The van der Waals surface area contributed by atoms with E-state index in [9.17, 15) is 9.59 Å². The molecule has 0 radical (unpaired) electrons. The lowest BCUT2D eigenvalue weighted by Gasteiger charge is -2.35. The van der Waals surface area contributed by atoms with E-state index in [1.54, 1.807) is 15.9 Å². The zero-order valence-corrected chi connectivity index (χ0v) is 21.4. The summed E-state index contributed by atoms with van der Waals surface area (Å²) in [7, 11) is 0. The maximum absolute atomic E-state index is 13.9. The number of likely N-dealkylation sites (tertiary alicyclic amines) is 1. The van der Waals surface area contributed by atoms with E-state index in [0.29, 0.717) is 22.7 Å². The number of benzene rings is 1. The number of rotatable bonds is 4. The van der Waals surface area contributed by atoms with Crippen LogP contribution in [0.2, 0.25) is 0 Å². The van der Waals surface area contributed by atoms with Crippen molar-refractivity contribution in [2.75, 3.05) is 18.8 Å². The molecule has 3 heterocycles. The van der Waals surface area contributed by atoms with Gasteiger partial charge in [-0.2, -0.15) is 0 Å². The monoisotopic (exact) mass is 481 g/mol. The number of carbonyl (C=O) groups is 1. The fraction of sp³-hybridized carbons (Fsp3) is 0.500. The summed E-state index contributed by atoms with van der Waals surface area (Å²) in [5, 5.41) is 1.40. The van der Waals surface area contributed by atoms with Gasteiger partial charge in [0.15, 0.2) is 5.16 Å². The molecule has 2 unspecified atom stereocenters. The van der Waals surface area contributed by atoms with Crippen molar-refractivity contribution in [3.8, 4) is 5.69 Å². The first-order valence-electron chi connectivity index (χ1n) is 11.9. The van der Waals surface area contributed by atoms with Crippen LogP contribution in [0.1, 0.15) is 48.3 Å². The third-order valence-corrected chi connectivity index (χ3v) is 8.96. The van der Waals surface area contributed by atoms with Crippen molar-refractivity contribution in [1.82, 2.24) is 14.5 Å². The summed E-state index contributed by atoms with van der Waals surface area (Å²) in [6.07, 6.45) is 4.27. The minimum atomic E-state index is 0.00141. The van der Waals surface area contributed by atoms with Gasteiger partial charge in [0.05, 0.1) is 16.8 Å². The first-order chi connectivity index (χ1) is 15.8. The molecule has 3 aromatic rings. The molecule has 0 spiro atoms. The third kappa shape index (κ3) is 4.26. The molecule has 33 heavy (non-hydrogen) atoms. The molecule has 174 valence electrons. The molecule has 5 nitrogen and oxygen atoms in total. The molecule has 0 bridgehead atoms. The van der Waals surface area contributed by atoms with E-state index >= 15 is 0 Å². The number of nitrogens with zero attached hydrogens (tertiary/aromatic N) is 3. The SMILES string of the molecule is Cc1ccc(-n2c(SCC(=O)N3CC(C)CC(C)C3)nc3sc4c(c3c2=O)CCC4)c(C)c1. The normalized spacial score (nSPS) is 20.4. The van der Waals surface area contributed by atoms with Gasteiger partial charge >= 0.3 is 0 Å². The van der Waals surface area contributed by atoms with Gasteiger partial charge in [-0.15, -0.1) is 11.3 Å². The molecule has 0 N–H and O–H groups in total. The van der Waals surface area contributed by atoms with Crippen LogP contribution in [0.3, 0.4) is 0 Å². The van der Waals surface area contributed by atoms with E-state index in [-0.39, 0.29) is 11.5 Å². The quantitative estimate of drug-likeness (QED) is 0.382. The number of hydrogen-bond acceptors (Lipinski definition) is 5. The van der Waals surface area contributed by atoms with Gasteiger partial charge in [0.1, 0.15) is 4.83 Å². The molecule has 7 heteroatoms. The highest BCUT2D eigenvalue weighted by molar-refractivity contribution is 7.99. The number of thiophene rings is 1. The highest BCUT2D eigenvalue weighted by Gasteiger charge is 2.27. The largest absolute Gasteiger partial charge is 0.341 e. The number of thioether (sulfide) groups is 1. The summed E-state index contributed by atoms with van der Waals surface area (Å²) in [6.45, 7) is 10.2. The summed E-state index contributed by atoms with van der Waals surface area (Å²) in [5.74, 6) is 1.49. The number of piperidine rings is 1. The fourth-order valence-electron chi connectivity index (χ4n) is 5.47. The van der Waals surface area contributed by atoms with Crippen LogP contribution < -0.4 is 5.56 Å². The van der Waals surface area contributed by atoms with Gasteiger partial charge in [-0.1, -0.05) is 43.3 Å². The van der Waals surface area contributed by atoms with Crippen LogP contribution >= 0.6 is 23.1 Å². The number of aromatic nitrogens is 2. The second-order valence-corrected chi connectivity index (χ2v) is 11.9. The Kier molecular flexibility index (Phi) is 6.12. The molecule has 0 saturated carbocycles. The van der Waals surface area contributed by atoms with Crippen molar-refractivity contribution in [2.24, 2.45) is 11.8 Å². The van der Waals surface area contributed by atoms with Crippen LogP contribution in [0.25, 0.3) is 15.9 Å². The van der Waals surface area contributed by atoms with Gasteiger partial charge in [-0.25, -0.2) is 4.98 Å². The summed E-state index contributed by atoms with van der Waals surface area (Å²) < 4.78 is 1.75. The summed E-state index contributed by atoms with van der Waals surface area (Å²) in [5.41, 5.74) is 4.24. The van der Waals surface area contributed by atoms with Crippen molar-refractivity contribution in [3.63, 3.8) is 0 Å². The zero-order valence-electron chi connectivity index (χ0n) is 19.8. The number of amides is 1. The maximum Gasteiger partial charge on any atom is 0.267 e. The van der Waals surface area contributed by atoms with Crippen LogP contribution in [0.15, 0.2) is 28.2 Å². The highest BCUT2D eigenvalue weighted by Crippen LogP contribution is 2.36. The molecular weight excluding hydrogens is 450 g/mol. The second-order valence-electron chi connectivity index (χ2n) is 9.90. The van der Waals surface area contributed by atoms with Gasteiger partial charge in [-0.3, -0.25) is 14.2 Å². The molecule has 5 rings (SSSR count). The van der Waals surface area contributed by atoms with Gasteiger partial charge in [0.2, 0.25) is 5.91 Å². The number of aryl methyl sites for hydroxylation is 4. The van der Waals surface area contributed by atoms with Crippen molar-refractivity contribution in [1.29, 1.82) is 0 Å². The molecule has 1 aliphatic heterocycles. The Labute approximate surface area is 203 Å². The van der Waals surface area contributed by atoms with Gasteiger partial charge < -0.3 is 4.90 Å². The average molecular weight is 482 g/mol. The van der Waals surface area contributed by atoms with Crippen LogP contribution in [-0.2, 0) is 17.6 Å². The van der Waals surface area contributed by atoms with E-state index in [1.807, 2.05) is 24.0 Å². The molecule has 1 amide bonds. The lowest BCUT2D eigenvalue weighted by atomic mass is 9.92. The third-order valence-electron chi connectivity index (χ3n) is 6.85. The highest BCUT2D eigenvalue weighted by atomic mass is 32.2. The van der Waals surface area contributed by atoms with E-state index in [4.69, 9.17) is 4.98 Å². The van der Waals surface area contributed by atoms with Crippen molar-refractivity contribution in [3.05, 3.63) is 50.1 Å². The molecule has 2 aliphatic rings. The molecule has 1 saturated heterocycles. The maximum atomic E-state index is 13.9. The minimum absolute atomic E-state index is 0.00141. The van der Waals surface area contributed by atoms with Crippen LogP contribution in [-0.4, -0.2) is 39.2 Å². The van der Waals surface area contributed by atoms with E-state index in [2.05, 4.69) is 26.8 Å². The Morgan fingerprint density at radius 1 is 1.18 bits per heavy atom. The lowest BCUT2D eigenvalue weighted by Crippen LogP contribution is -2.43. The molecule has 1 aromatic carbocycles. The Balaban J connectivity index is 1.55. The Morgan fingerprint density at radius 2 is 1.94 bits per heavy atom. The number of fused-ring (bicyclic) bond motifs is 3. The predicted octanol–water partition coefficient (Wildman–Crippen LogP) is 5.15. The first-order valence-corrected chi connectivity index (χ1v) is 13.7. The number of hydrogen-bond donors (Lipinski definition) is 0. The van der Waals surface area contributed by atoms with Crippen LogP contribution in [0.4, 0.5) is 0 Å². The lowest BCUT2D eigenvalue weighted by molar-refractivity contribution is -0.130. The number of carbonyl (C=O) groups excluding carboxylic acids is 1. The van der Waals surface area contributed by atoms with Crippen LogP contribution in [0, 0.1) is 25.7 Å². The minimum Gasteiger partial charge on any atom is -0.341 e. The van der Waals surface area contributed by atoms with Crippen molar-refractivity contribution < 1.29 is 4.79 Å². The first kappa shape index (κ1) is 22.7. The van der Waals surface area contributed by atoms with Gasteiger partial charge in [0.25, 0.3) is 5.56 Å². The second kappa shape index (κ2) is 8.91. The molecular formula is C26H31N3O2S2. The average Bonchev–Trinajstić information content (AvgIpc) is 3.33. The fourth-order valence-corrected chi connectivity index (χ4v) is 7.69. The van der Waals surface area contributed by atoms with Crippen LogP contribution in [0.5, 0.6) is 0 Å². The summed E-state index contributed by atoms with van der Waals surface area (Å²) in [6, 6.07) is 6.14. The molecule has 1 aliphatic carbocycles. The predicted molar refractivity (Wildman–Crippen MR) is 137 cm³/mol. The van der Waals surface area contributed by atoms with Crippen molar-refractivity contribution in [2.45, 2.75) is 58.5 Å². The molecule has 2 atom stereocenters. The topological polar surface area (TPSA) is 55.2 Å². The van der Waals surface area contributed by atoms with Crippen molar-refractivity contribution >= 4 is 39.2 Å². The van der Waals surface area contributed by atoms with Gasteiger partial charge in [-0.05, 0) is 68.6 Å². The standard InChI is InChI=1S/C26H31N3O2S2/c1-15-8-9-20(18(4)11-15)29-25(31)23-19-6-5-7-21(19)33-24(23)27-26(29)32-14-22(30)28-12-16(2)10-17(3)13-28/h8-9,11,16-17H,5-7,10,12-14H2,1-4H3. The molecule has 1 fully saturated rings. The van der Waals surface area contributed by atoms with E-state index in [1.165, 1.54) is 28.6 Å². The Hall–Kier alpha value is -2.12. The summed E-state index contributed by atoms with van der Waals surface area (Å²) >= 11 is 3.05. The zero-order chi connectivity index (χ0) is 23.3. The smallest absolute Gasteiger partial charge is 0.267 e. The van der Waals surface area contributed by atoms with E-state index in [0.717, 1.165) is 59.4 Å². The Morgan fingerprint density at radius 3 is 2.67 bits per heavy atom. The van der Waals surface area contributed by atoms with Gasteiger partial charge in [0, 0.05) is 18.0 Å². The molecule has 2 aromatic heterocycles. The Bertz CT molecular complexity index is 1280.